The van der Waals surface area contributed by atoms with Gasteiger partial charge < -0.3 is 14.6 Å². The maximum atomic E-state index is 13.6. The van der Waals surface area contributed by atoms with Gasteiger partial charge in [0.25, 0.3) is 5.91 Å². The quantitative estimate of drug-likeness (QED) is 0.108. The van der Waals surface area contributed by atoms with Crippen LogP contribution in [0.25, 0.3) is 6.08 Å². The molecule has 2 heterocycles. The minimum atomic E-state index is -0.982. The summed E-state index contributed by atoms with van der Waals surface area (Å²) in [5.74, 6) is -0.409. The molecule has 0 fully saturated rings. The number of methoxy groups -OCH3 is 1. The molecule has 1 aromatic heterocycles. The molecule has 0 saturated carbocycles. The van der Waals surface area contributed by atoms with Crippen molar-refractivity contribution in [3.8, 4) is 11.5 Å². The number of thioether (sulfide) groups is 1. The number of nitrogens with zero attached hydrogens (tertiary/aromatic N) is 3. The first kappa shape index (κ1) is 29.4. The fraction of sp³-hybridized carbons (Fsp3) is 0.161. The number of carbonyl (C=O) groups excluding carboxylic acids is 2. The van der Waals surface area contributed by atoms with Crippen molar-refractivity contribution < 1.29 is 24.2 Å². The van der Waals surface area contributed by atoms with Gasteiger partial charge in [-0.15, -0.1) is 10.2 Å². The maximum absolute atomic E-state index is 13.6. The summed E-state index contributed by atoms with van der Waals surface area (Å²) in [6, 6.07) is 21.0. The number of halogens is 1. The van der Waals surface area contributed by atoms with E-state index in [1.54, 1.807) is 24.3 Å². The minimum Gasteiger partial charge on any atom is -0.503 e. The number of carbonyl (C=O) groups is 2. The van der Waals surface area contributed by atoms with Crippen LogP contribution < -0.4 is 14.4 Å². The molecule has 0 saturated heterocycles. The number of hydrogen-bond donors (Lipinski definition) is 1. The van der Waals surface area contributed by atoms with Crippen molar-refractivity contribution in [2.45, 2.75) is 23.1 Å². The molecule has 214 valence electrons. The second-order valence-corrected chi connectivity index (χ2v) is 11.6. The number of allylic oxidation sites excluding steroid dienone is 1. The van der Waals surface area contributed by atoms with Gasteiger partial charge >= 0.3 is 0 Å². The molecule has 0 spiro atoms. The van der Waals surface area contributed by atoms with Crippen LogP contribution in [0, 0.1) is 0 Å². The summed E-state index contributed by atoms with van der Waals surface area (Å²) < 4.78 is 11.8. The summed E-state index contributed by atoms with van der Waals surface area (Å²) in [5, 5.41) is 20.5. The van der Waals surface area contributed by atoms with Gasteiger partial charge in [-0.25, -0.2) is 0 Å². The zero-order valence-electron chi connectivity index (χ0n) is 22.7. The molecule has 4 aromatic rings. The first-order valence-electron chi connectivity index (χ1n) is 13.0. The lowest BCUT2D eigenvalue weighted by Gasteiger charge is -2.24. The Morgan fingerprint density at radius 1 is 1.10 bits per heavy atom. The van der Waals surface area contributed by atoms with Gasteiger partial charge in [-0.1, -0.05) is 95.4 Å². The van der Waals surface area contributed by atoms with E-state index in [-0.39, 0.29) is 10.7 Å². The van der Waals surface area contributed by atoms with E-state index in [1.807, 2.05) is 61.5 Å². The molecule has 0 aliphatic carbocycles. The molecule has 5 rings (SSSR count). The summed E-state index contributed by atoms with van der Waals surface area (Å²) in [4.78, 5) is 28.4. The van der Waals surface area contributed by atoms with Gasteiger partial charge in [0.1, 0.15) is 0 Å². The van der Waals surface area contributed by atoms with Crippen LogP contribution in [0.2, 0.25) is 5.02 Å². The predicted molar refractivity (Wildman–Crippen MR) is 165 cm³/mol. The summed E-state index contributed by atoms with van der Waals surface area (Å²) in [6.45, 7) is 2.29. The van der Waals surface area contributed by atoms with Crippen LogP contribution in [0.1, 0.15) is 29.7 Å². The molecular weight excluding hydrogens is 594 g/mol. The monoisotopic (exact) mass is 619 g/mol. The third-order valence-corrected chi connectivity index (χ3v) is 8.89. The Kier molecular flexibility index (Phi) is 9.26. The normalized spacial score (nSPS) is 15.1. The average Bonchev–Trinajstić information content (AvgIpc) is 3.58. The first-order valence-corrected chi connectivity index (χ1v) is 15.1. The van der Waals surface area contributed by atoms with Crippen molar-refractivity contribution in [3.63, 3.8) is 0 Å². The van der Waals surface area contributed by atoms with E-state index in [1.165, 1.54) is 41.2 Å². The highest BCUT2D eigenvalue weighted by atomic mass is 35.5. The van der Waals surface area contributed by atoms with E-state index in [0.29, 0.717) is 38.8 Å². The molecule has 1 amide bonds. The van der Waals surface area contributed by atoms with Crippen molar-refractivity contribution in [2.24, 2.45) is 0 Å². The lowest BCUT2D eigenvalue weighted by atomic mass is 9.95. The Hall–Kier alpha value is -4.12. The van der Waals surface area contributed by atoms with Gasteiger partial charge in [0.05, 0.1) is 25.3 Å². The number of ketones is 1. The SMILES string of the molecule is CCOc1ccc(C2C(C(=O)/C=C/c3ccccc3)=C(O)C(=O)N2c2nnc(SCc3ccccc3Cl)s2)cc1OC. The van der Waals surface area contributed by atoms with E-state index < -0.39 is 23.5 Å². The molecular formula is C31H26ClN3O5S2. The fourth-order valence-electron chi connectivity index (χ4n) is 4.44. The number of aliphatic hydroxyl groups excluding tert-OH is 1. The van der Waals surface area contributed by atoms with Crippen LogP contribution in [0.4, 0.5) is 5.13 Å². The Labute approximate surface area is 256 Å². The molecule has 1 atom stereocenters. The van der Waals surface area contributed by atoms with Crippen molar-refractivity contribution >= 4 is 57.6 Å². The number of hydrogen-bond acceptors (Lipinski definition) is 9. The topological polar surface area (TPSA) is 102 Å². The number of aromatic nitrogens is 2. The lowest BCUT2D eigenvalue weighted by molar-refractivity contribution is -0.117. The van der Waals surface area contributed by atoms with E-state index in [2.05, 4.69) is 10.2 Å². The summed E-state index contributed by atoms with van der Waals surface area (Å²) in [6.07, 6.45) is 2.99. The van der Waals surface area contributed by atoms with E-state index in [0.717, 1.165) is 11.1 Å². The van der Waals surface area contributed by atoms with Crippen molar-refractivity contribution in [3.05, 3.63) is 112 Å². The number of anilines is 1. The zero-order chi connectivity index (χ0) is 29.6. The van der Waals surface area contributed by atoms with Crippen molar-refractivity contribution in [1.29, 1.82) is 0 Å². The smallest absolute Gasteiger partial charge is 0.296 e. The first-order chi connectivity index (χ1) is 20.4. The molecule has 1 aliphatic rings. The molecule has 0 radical (unpaired) electrons. The van der Waals surface area contributed by atoms with E-state index >= 15 is 0 Å². The van der Waals surface area contributed by atoms with Gasteiger partial charge in [-0.2, -0.15) is 0 Å². The molecule has 11 heteroatoms. The van der Waals surface area contributed by atoms with Gasteiger partial charge in [-0.3, -0.25) is 14.5 Å². The van der Waals surface area contributed by atoms with Gasteiger partial charge in [0.2, 0.25) is 5.13 Å². The number of rotatable bonds is 11. The van der Waals surface area contributed by atoms with Crippen LogP contribution in [0.3, 0.4) is 0 Å². The highest BCUT2D eigenvalue weighted by Gasteiger charge is 2.45. The van der Waals surface area contributed by atoms with Gasteiger partial charge in [0, 0.05) is 10.8 Å². The van der Waals surface area contributed by atoms with Crippen LogP contribution in [0.15, 0.2) is 94.5 Å². The van der Waals surface area contributed by atoms with Gasteiger partial charge in [0.15, 0.2) is 27.4 Å². The maximum Gasteiger partial charge on any atom is 0.296 e. The molecule has 1 N–H and O–H groups in total. The fourth-order valence-corrected chi connectivity index (χ4v) is 6.59. The second kappa shape index (κ2) is 13.2. The summed E-state index contributed by atoms with van der Waals surface area (Å²) in [5.41, 5.74) is 2.20. The Morgan fingerprint density at radius 2 is 1.86 bits per heavy atom. The molecule has 42 heavy (non-hydrogen) atoms. The summed E-state index contributed by atoms with van der Waals surface area (Å²) >= 11 is 8.91. The Morgan fingerprint density at radius 3 is 2.60 bits per heavy atom. The number of ether oxygens (including phenoxy) is 2. The third-order valence-electron chi connectivity index (χ3n) is 6.41. The van der Waals surface area contributed by atoms with E-state index in [9.17, 15) is 14.7 Å². The molecule has 1 unspecified atom stereocenters. The summed E-state index contributed by atoms with van der Waals surface area (Å²) in [7, 11) is 1.51. The van der Waals surface area contributed by atoms with Crippen molar-refractivity contribution in [2.75, 3.05) is 18.6 Å². The highest BCUT2D eigenvalue weighted by Crippen LogP contribution is 2.45. The Balaban J connectivity index is 1.51. The van der Waals surface area contributed by atoms with Crippen LogP contribution >= 0.6 is 34.7 Å². The van der Waals surface area contributed by atoms with E-state index in [4.69, 9.17) is 21.1 Å². The van der Waals surface area contributed by atoms with Crippen LogP contribution in [-0.4, -0.2) is 40.7 Å². The number of aliphatic hydroxyl groups is 1. The van der Waals surface area contributed by atoms with Gasteiger partial charge in [-0.05, 0) is 47.9 Å². The van der Waals surface area contributed by atoms with Crippen LogP contribution in [0.5, 0.6) is 11.5 Å². The standard InChI is InChI=1S/C31H26ClN3O5S2/c1-3-40-24-16-14-20(17-25(24)39-2)27-26(23(36)15-13-19-9-5-4-6-10-19)28(37)29(38)35(27)30-33-34-31(42-30)41-18-21-11-7-8-12-22(21)32/h4-17,27,37H,3,18H2,1-2H3/b15-13+. The lowest BCUT2D eigenvalue weighted by Crippen LogP contribution is -2.30. The van der Waals surface area contributed by atoms with Crippen molar-refractivity contribution in [1.82, 2.24) is 10.2 Å². The predicted octanol–water partition coefficient (Wildman–Crippen LogP) is 7.07. The average molecular weight is 620 g/mol. The highest BCUT2D eigenvalue weighted by molar-refractivity contribution is 8.00. The molecule has 3 aromatic carbocycles. The Bertz CT molecular complexity index is 1670. The molecule has 1 aliphatic heterocycles. The second-order valence-electron chi connectivity index (χ2n) is 9.02. The molecule has 0 bridgehead atoms. The minimum absolute atomic E-state index is 0.0705. The largest absolute Gasteiger partial charge is 0.503 e. The third kappa shape index (κ3) is 6.20. The molecule has 8 nitrogen and oxygen atoms in total. The van der Waals surface area contributed by atoms with Crippen LogP contribution in [-0.2, 0) is 15.3 Å². The number of benzene rings is 3. The zero-order valence-corrected chi connectivity index (χ0v) is 25.1. The number of amides is 1.